The molecular formula is C17H22N6O. The first-order chi connectivity index (χ1) is 11.7. The second-order valence-corrected chi connectivity index (χ2v) is 5.98. The summed E-state index contributed by atoms with van der Waals surface area (Å²) in [4.78, 5) is 26.5. The molecule has 2 aromatic heterocycles. The largest absolute Gasteiger partial charge is 0.369 e. The second kappa shape index (κ2) is 7.83. The van der Waals surface area contributed by atoms with Gasteiger partial charge in [-0.15, -0.1) is 0 Å². The number of nitrogens with two attached hydrogens (primary N) is 1. The number of rotatable bonds is 6. The molecule has 0 radical (unpaired) electrons. The van der Waals surface area contributed by atoms with E-state index in [1.54, 1.807) is 18.6 Å². The summed E-state index contributed by atoms with van der Waals surface area (Å²) in [6, 6.07) is 5.72. The van der Waals surface area contributed by atoms with Crippen molar-refractivity contribution in [3.63, 3.8) is 0 Å². The van der Waals surface area contributed by atoms with Crippen LogP contribution >= 0.6 is 0 Å². The van der Waals surface area contributed by atoms with Gasteiger partial charge in [-0.2, -0.15) is 0 Å². The van der Waals surface area contributed by atoms with Gasteiger partial charge < -0.3 is 16.0 Å². The van der Waals surface area contributed by atoms with E-state index < -0.39 is 0 Å². The summed E-state index contributed by atoms with van der Waals surface area (Å²) in [7, 11) is 0. The van der Waals surface area contributed by atoms with Crippen LogP contribution in [-0.4, -0.2) is 51.9 Å². The minimum Gasteiger partial charge on any atom is -0.369 e. The van der Waals surface area contributed by atoms with Crippen LogP contribution in [-0.2, 0) is 4.79 Å². The molecular weight excluding hydrogens is 304 g/mol. The van der Waals surface area contributed by atoms with Crippen LogP contribution in [0.25, 0.3) is 11.3 Å². The van der Waals surface area contributed by atoms with E-state index in [2.05, 4.69) is 25.2 Å². The minimum atomic E-state index is -0.194. The Balaban J connectivity index is 1.53. The minimum absolute atomic E-state index is 0.0242. The zero-order valence-electron chi connectivity index (χ0n) is 13.6. The number of aromatic nitrogens is 3. The summed E-state index contributed by atoms with van der Waals surface area (Å²) >= 11 is 0. The monoisotopic (exact) mass is 326 g/mol. The van der Waals surface area contributed by atoms with Crippen LogP contribution in [0.15, 0.2) is 36.8 Å². The van der Waals surface area contributed by atoms with E-state index in [9.17, 15) is 4.79 Å². The molecule has 1 amide bonds. The number of likely N-dealkylation sites (tertiary alicyclic amines) is 1. The molecule has 0 saturated carbocycles. The third-order valence-corrected chi connectivity index (χ3v) is 4.23. The summed E-state index contributed by atoms with van der Waals surface area (Å²) in [5.74, 6) is 0.379. The van der Waals surface area contributed by atoms with E-state index in [0.717, 1.165) is 50.3 Å². The van der Waals surface area contributed by atoms with Crippen molar-refractivity contribution in [2.45, 2.75) is 12.8 Å². The quantitative estimate of drug-likeness (QED) is 0.826. The molecule has 7 heteroatoms. The SMILES string of the molecule is NC(=O)C1CCCN(CCNc2nccc(-c3cccnc3)n2)C1. The zero-order chi connectivity index (χ0) is 16.8. The van der Waals surface area contributed by atoms with E-state index in [-0.39, 0.29) is 11.8 Å². The lowest BCUT2D eigenvalue weighted by atomic mass is 9.97. The lowest BCUT2D eigenvalue weighted by Gasteiger charge is -2.31. The summed E-state index contributed by atoms with van der Waals surface area (Å²) in [5, 5.41) is 3.25. The fourth-order valence-corrected chi connectivity index (χ4v) is 2.94. The number of nitrogens with one attached hydrogen (secondary N) is 1. The van der Waals surface area contributed by atoms with Crippen molar-refractivity contribution < 1.29 is 4.79 Å². The number of anilines is 1. The molecule has 1 fully saturated rings. The number of carbonyl (C=O) groups is 1. The topological polar surface area (TPSA) is 97.0 Å². The van der Waals surface area contributed by atoms with E-state index in [4.69, 9.17) is 5.73 Å². The molecule has 1 aliphatic rings. The maximum Gasteiger partial charge on any atom is 0.223 e. The number of hydrogen-bond acceptors (Lipinski definition) is 6. The first kappa shape index (κ1) is 16.3. The standard InChI is InChI=1S/C17H22N6O/c18-16(24)14-4-2-9-23(12-14)10-8-21-17-20-7-5-15(22-17)13-3-1-6-19-11-13/h1,3,5-7,11,14H,2,4,8-10,12H2,(H2,18,24)(H,20,21,22). The molecule has 0 spiro atoms. The number of nitrogens with zero attached hydrogens (tertiary/aromatic N) is 4. The van der Waals surface area contributed by atoms with Gasteiger partial charge in [-0.3, -0.25) is 9.78 Å². The maximum atomic E-state index is 11.3. The Morgan fingerprint density at radius 3 is 3.08 bits per heavy atom. The number of carbonyl (C=O) groups excluding carboxylic acids is 1. The normalized spacial score (nSPS) is 18.2. The molecule has 1 atom stereocenters. The van der Waals surface area contributed by atoms with Gasteiger partial charge in [-0.1, -0.05) is 0 Å². The number of pyridine rings is 1. The van der Waals surface area contributed by atoms with Gasteiger partial charge >= 0.3 is 0 Å². The van der Waals surface area contributed by atoms with Crippen molar-refractivity contribution >= 4 is 11.9 Å². The Labute approximate surface area is 141 Å². The third-order valence-electron chi connectivity index (χ3n) is 4.23. The van der Waals surface area contributed by atoms with E-state index in [1.165, 1.54) is 0 Å². The van der Waals surface area contributed by atoms with Crippen LogP contribution in [0.5, 0.6) is 0 Å². The maximum absolute atomic E-state index is 11.3. The van der Waals surface area contributed by atoms with Crippen LogP contribution in [0.2, 0.25) is 0 Å². The smallest absolute Gasteiger partial charge is 0.223 e. The molecule has 7 nitrogen and oxygen atoms in total. The molecule has 1 aliphatic heterocycles. The van der Waals surface area contributed by atoms with E-state index >= 15 is 0 Å². The average Bonchev–Trinajstić information content (AvgIpc) is 2.63. The highest BCUT2D eigenvalue weighted by Gasteiger charge is 2.23. The zero-order valence-corrected chi connectivity index (χ0v) is 13.6. The van der Waals surface area contributed by atoms with Crippen molar-refractivity contribution in [1.29, 1.82) is 0 Å². The molecule has 3 N–H and O–H groups in total. The fourth-order valence-electron chi connectivity index (χ4n) is 2.94. The van der Waals surface area contributed by atoms with Crippen molar-refractivity contribution in [3.8, 4) is 11.3 Å². The van der Waals surface area contributed by atoms with Crippen molar-refractivity contribution in [3.05, 3.63) is 36.8 Å². The number of primary amides is 1. The molecule has 0 aromatic carbocycles. The summed E-state index contributed by atoms with van der Waals surface area (Å²) in [5.41, 5.74) is 7.22. The molecule has 24 heavy (non-hydrogen) atoms. The van der Waals surface area contributed by atoms with Crippen molar-refractivity contribution in [1.82, 2.24) is 19.9 Å². The predicted octanol–water partition coefficient (Wildman–Crippen LogP) is 1.15. The van der Waals surface area contributed by atoms with E-state index in [0.29, 0.717) is 5.95 Å². The van der Waals surface area contributed by atoms with Gasteiger partial charge in [0.1, 0.15) is 0 Å². The highest BCUT2D eigenvalue weighted by Crippen LogP contribution is 2.17. The van der Waals surface area contributed by atoms with Crippen LogP contribution < -0.4 is 11.1 Å². The predicted molar refractivity (Wildman–Crippen MR) is 92.1 cm³/mol. The molecule has 1 unspecified atom stereocenters. The van der Waals surface area contributed by atoms with Crippen LogP contribution in [0.1, 0.15) is 12.8 Å². The second-order valence-electron chi connectivity index (χ2n) is 5.98. The molecule has 3 heterocycles. The highest BCUT2D eigenvalue weighted by atomic mass is 16.1. The Bertz CT molecular complexity index is 678. The number of piperidine rings is 1. The average molecular weight is 326 g/mol. The van der Waals surface area contributed by atoms with Gasteiger partial charge in [-0.25, -0.2) is 9.97 Å². The lowest BCUT2D eigenvalue weighted by Crippen LogP contribution is -2.42. The molecule has 1 saturated heterocycles. The Kier molecular flexibility index (Phi) is 5.32. The van der Waals surface area contributed by atoms with Crippen LogP contribution in [0.4, 0.5) is 5.95 Å². The Morgan fingerprint density at radius 2 is 2.29 bits per heavy atom. The molecule has 0 bridgehead atoms. The summed E-state index contributed by atoms with van der Waals surface area (Å²) in [6.45, 7) is 3.31. The van der Waals surface area contributed by atoms with Gasteiger partial charge in [0.05, 0.1) is 11.6 Å². The van der Waals surface area contributed by atoms with Gasteiger partial charge in [0.15, 0.2) is 0 Å². The van der Waals surface area contributed by atoms with Crippen molar-refractivity contribution in [2.75, 3.05) is 31.5 Å². The summed E-state index contributed by atoms with van der Waals surface area (Å²) in [6.07, 6.45) is 7.17. The molecule has 2 aromatic rings. The van der Waals surface area contributed by atoms with Crippen LogP contribution in [0.3, 0.4) is 0 Å². The number of amides is 1. The van der Waals surface area contributed by atoms with Gasteiger partial charge in [-0.05, 0) is 37.6 Å². The lowest BCUT2D eigenvalue weighted by molar-refractivity contribution is -0.123. The van der Waals surface area contributed by atoms with Gasteiger partial charge in [0, 0.05) is 43.8 Å². The third kappa shape index (κ3) is 4.26. The number of hydrogen-bond donors (Lipinski definition) is 2. The molecule has 3 rings (SSSR count). The highest BCUT2D eigenvalue weighted by molar-refractivity contribution is 5.76. The molecule has 0 aliphatic carbocycles. The van der Waals surface area contributed by atoms with E-state index in [1.807, 2.05) is 18.2 Å². The van der Waals surface area contributed by atoms with Crippen molar-refractivity contribution in [2.24, 2.45) is 11.7 Å². The summed E-state index contributed by atoms with van der Waals surface area (Å²) < 4.78 is 0. The Morgan fingerprint density at radius 1 is 1.38 bits per heavy atom. The molecule has 126 valence electrons. The van der Waals surface area contributed by atoms with Crippen LogP contribution in [0, 0.1) is 5.92 Å². The Hall–Kier alpha value is -2.54. The van der Waals surface area contributed by atoms with Gasteiger partial charge in [0.2, 0.25) is 11.9 Å². The van der Waals surface area contributed by atoms with Gasteiger partial charge in [0.25, 0.3) is 0 Å². The first-order valence-corrected chi connectivity index (χ1v) is 8.21. The fraction of sp³-hybridized carbons (Fsp3) is 0.412. The first-order valence-electron chi connectivity index (χ1n) is 8.21.